The van der Waals surface area contributed by atoms with Gasteiger partial charge in [0, 0.05) is 32.3 Å². The lowest BCUT2D eigenvalue weighted by Crippen LogP contribution is -2.26. The predicted octanol–water partition coefficient (Wildman–Crippen LogP) is 1.04. The minimum absolute atomic E-state index is 0.379. The smallest absolute Gasteiger partial charge is 0.106 e. The van der Waals surface area contributed by atoms with Crippen LogP contribution in [0.5, 0.6) is 0 Å². The lowest BCUT2D eigenvalue weighted by Gasteiger charge is -2.20. The second-order valence-electron chi connectivity index (χ2n) is 4.15. The molecule has 2 rings (SSSR count). The largest absolute Gasteiger partial charge is 0.383 e. The van der Waals surface area contributed by atoms with Crippen molar-refractivity contribution in [1.82, 2.24) is 14.9 Å². The number of nitrogens with one attached hydrogen (secondary N) is 1. The highest BCUT2D eigenvalue weighted by Crippen LogP contribution is 2.20. The van der Waals surface area contributed by atoms with Gasteiger partial charge in [0.05, 0.1) is 18.3 Å². The molecule has 0 aromatic carbocycles. The van der Waals surface area contributed by atoms with E-state index in [0.717, 1.165) is 31.9 Å². The van der Waals surface area contributed by atoms with Crippen LogP contribution in [0, 0.1) is 6.92 Å². The lowest BCUT2D eigenvalue weighted by molar-refractivity contribution is 0.160. The number of hydrogen-bond acceptors (Lipinski definition) is 3. The second kappa shape index (κ2) is 4.33. The summed E-state index contributed by atoms with van der Waals surface area (Å²) in [6.07, 6.45) is 1.07. The fourth-order valence-corrected chi connectivity index (χ4v) is 2.37. The zero-order valence-corrected chi connectivity index (χ0v) is 9.71. The van der Waals surface area contributed by atoms with Gasteiger partial charge in [-0.25, -0.2) is 4.98 Å². The van der Waals surface area contributed by atoms with Crippen molar-refractivity contribution in [3.63, 3.8) is 0 Å². The molecule has 0 bridgehead atoms. The van der Waals surface area contributed by atoms with Crippen LogP contribution in [0.3, 0.4) is 0 Å². The molecule has 1 aliphatic heterocycles. The topological polar surface area (TPSA) is 39.1 Å². The van der Waals surface area contributed by atoms with Crippen LogP contribution in [0.2, 0.25) is 0 Å². The van der Waals surface area contributed by atoms with Gasteiger partial charge in [0.25, 0.3) is 0 Å². The van der Waals surface area contributed by atoms with E-state index >= 15 is 0 Å². The zero-order valence-electron chi connectivity index (χ0n) is 9.71. The van der Waals surface area contributed by atoms with E-state index in [2.05, 4.69) is 28.7 Å². The highest BCUT2D eigenvalue weighted by molar-refractivity contribution is 5.20. The first kappa shape index (κ1) is 10.6. The first-order valence-electron chi connectivity index (χ1n) is 5.50. The minimum Gasteiger partial charge on any atom is -0.383 e. The van der Waals surface area contributed by atoms with Crippen molar-refractivity contribution in [2.45, 2.75) is 32.9 Å². The number of imidazole rings is 1. The summed E-state index contributed by atoms with van der Waals surface area (Å²) in [5.41, 5.74) is 2.59. The molecule has 0 spiro atoms. The van der Waals surface area contributed by atoms with E-state index in [1.54, 1.807) is 7.11 Å². The standard InChI is InChI=1S/C11H19N3O/c1-8(7-15-3)14-9(2)13-10-6-12-5-4-11(10)14/h8,12H,4-7H2,1-3H3. The molecular weight excluding hydrogens is 190 g/mol. The number of methoxy groups -OCH3 is 1. The minimum atomic E-state index is 0.379. The Morgan fingerprint density at radius 3 is 3.13 bits per heavy atom. The van der Waals surface area contributed by atoms with Gasteiger partial charge in [-0.15, -0.1) is 0 Å². The van der Waals surface area contributed by atoms with Gasteiger partial charge in [-0.05, 0) is 13.8 Å². The third-order valence-electron chi connectivity index (χ3n) is 2.95. The number of ether oxygens (including phenoxy) is 1. The van der Waals surface area contributed by atoms with Gasteiger partial charge in [0.1, 0.15) is 5.82 Å². The van der Waals surface area contributed by atoms with Gasteiger partial charge >= 0.3 is 0 Å². The van der Waals surface area contributed by atoms with Crippen LogP contribution in [-0.4, -0.2) is 29.8 Å². The maximum atomic E-state index is 5.21. The van der Waals surface area contributed by atoms with Crippen LogP contribution < -0.4 is 5.32 Å². The van der Waals surface area contributed by atoms with Crippen molar-refractivity contribution < 1.29 is 4.74 Å². The molecule has 1 aromatic heterocycles. The number of aryl methyl sites for hydroxylation is 1. The van der Waals surface area contributed by atoms with Crippen LogP contribution in [0.1, 0.15) is 30.2 Å². The van der Waals surface area contributed by atoms with E-state index in [1.165, 1.54) is 11.4 Å². The molecule has 0 aliphatic carbocycles. The molecule has 0 radical (unpaired) electrons. The predicted molar refractivity (Wildman–Crippen MR) is 59.0 cm³/mol. The van der Waals surface area contributed by atoms with E-state index in [-0.39, 0.29) is 0 Å². The molecule has 0 amide bonds. The molecule has 15 heavy (non-hydrogen) atoms. The van der Waals surface area contributed by atoms with E-state index in [1.807, 2.05) is 0 Å². The van der Waals surface area contributed by atoms with E-state index < -0.39 is 0 Å². The van der Waals surface area contributed by atoms with Gasteiger partial charge in [0.15, 0.2) is 0 Å². The Kier molecular flexibility index (Phi) is 3.07. The van der Waals surface area contributed by atoms with Gasteiger partial charge in [-0.3, -0.25) is 0 Å². The van der Waals surface area contributed by atoms with Crippen molar-refractivity contribution in [2.75, 3.05) is 20.3 Å². The van der Waals surface area contributed by atoms with E-state index in [0.29, 0.717) is 6.04 Å². The molecule has 1 aromatic rings. The molecule has 1 N–H and O–H groups in total. The molecule has 4 nitrogen and oxygen atoms in total. The molecule has 1 atom stereocenters. The highest BCUT2D eigenvalue weighted by atomic mass is 16.5. The van der Waals surface area contributed by atoms with Gasteiger partial charge in [0.2, 0.25) is 0 Å². The summed E-state index contributed by atoms with van der Waals surface area (Å²) in [6, 6.07) is 0.379. The van der Waals surface area contributed by atoms with E-state index in [9.17, 15) is 0 Å². The molecule has 0 saturated carbocycles. The van der Waals surface area contributed by atoms with Crippen LogP contribution in [-0.2, 0) is 17.7 Å². The number of rotatable bonds is 3. The summed E-state index contributed by atoms with van der Waals surface area (Å²) in [5, 5.41) is 3.35. The van der Waals surface area contributed by atoms with Crippen molar-refractivity contribution >= 4 is 0 Å². The normalized spacial score (nSPS) is 17.5. The second-order valence-corrected chi connectivity index (χ2v) is 4.15. The Labute approximate surface area is 90.6 Å². The van der Waals surface area contributed by atoms with Crippen LogP contribution in [0.15, 0.2) is 0 Å². The molecule has 0 saturated heterocycles. The van der Waals surface area contributed by atoms with Crippen molar-refractivity contribution in [1.29, 1.82) is 0 Å². The Morgan fingerprint density at radius 1 is 1.60 bits per heavy atom. The number of aromatic nitrogens is 2. The lowest BCUT2D eigenvalue weighted by atomic mass is 10.1. The first-order valence-corrected chi connectivity index (χ1v) is 5.50. The summed E-state index contributed by atoms with van der Waals surface area (Å²) in [6.45, 7) is 6.96. The Balaban J connectivity index is 2.32. The van der Waals surface area contributed by atoms with E-state index in [4.69, 9.17) is 4.74 Å². The molecular formula is C11H19N3O. The third-order valence-corrected chi connectivity index (χ3v) is 2.95. The summed E-state index contributed by atoms with van der Waals surface area (Å²) in [7, 11) is 1.75. The first-order chi connectivity index (χ1) is 7.24. The monoisotopic (exact) mass is 209 g/mol. The summed E-state index contributed by atoms with van der Waals surface area (Å²) in [5.74, 6) is 1.10. The average Bonchev–Trinajstić information content (AvgIpc) is 2.54. The third kappa shape index (κ3) is 1.92. The van der Waals surface area contributed by atoms with Gasteiger partial charge in [-0.1, -0.05) is 0 Å². The van der Waals surface area contributed by atoms with Crippen molar-refractivity contribution in [3.05, 3.63) is 17.2 Å². The average molecular weight is 209 g/mol. The quantitative estimate of drug-likeness (QED) is 0.808. The zero-order chi connectivity index (χ0) is 10.8. The molecule has 4 heteroatoms. The number of fused-ring (bicyclic) bond motifs is 1. The Hall–Kier alpha value is -0.870. The summed E-state index contributed by atoms with van der Waals surface area (Å²) in [4.78, 5) is 4.60. The van der Waals surface area contributed by atoms with Gasteiger partial charge in [-0.2, -0.15) is 0 Å². The number of nitrogens with zero attached hydrogens (tertiary/aromatic N) is 2. The summed E-state index contributed by atoms with van der Waals surface area (Å²) < 4.78 is 7.53. The van der Waals surface area contributed by atoms with Crippen LogP contribution in [0.4, 0.5) is 0 Å². The van der Waals surface area contributed by atoms with Crippen LogP contribution in [0.25, 0.3) is 0 Å². The highest BCUT2D eigenvalue weighted by Gasteiger charge is 2.20. The molecule has 1 unspecified atom stereocenters. The van der Waals surface area contributed by atoms with Gasteiger partial charge < -0.3 is 14.6 Å². The Morgan fingerprint density at radius 2 is 2.40 bits per heavy atom. The summed E-state index contributed by atoms with van der Waals surface area (Å²) >= 11 is 0. The molecule has 1 aliphatic rings. The fourth-order valence-electron chi connectivity index (χ4n) is 2.37. The van der Waals surface area contributed by atoms with Crippen molar-refractivity contribution in [3.8, 4) is 0 Å². The molecule has 84 valence electrons. The maximum absolute atomic E-state index is 5.21. The molecule has 0 fully saturated rings. The number of hydrogen-bond donors (Lipinski definition) is 1. The molecule has 2 heterocycles. The maximum Gasteiger partial charge on any atom is 0.106 e. The van der Waals surface area contributed by atoms with Crippen molar-refractivity contribution in [2.24, 2.45) is 0 Å². The SMILES string of the molecule is COCC(C)n1c(C)nc2c1CCNC2. The van der Waals surface area contributed by atoms with Crippen LogP contribution >= 0.6 is 0 Å². The Bertz CT molecular complexity index is 346. The fraction of sp³-hybridized carbons (Fsp3) is 0.727.